The molecule has 1 heterocycles. The van der Waals surface area contributed by atoms with Crippen LogP contribution in [0.5, 0.6) is 0 Å². The minimum absolute atomic E-state index is 0.318. The second-order valence-electron chi connectivity index (χ2n) is 4.97. The fourth-order valence-electron chi connectivity index (χ4n) is 2.83. The first kappa shape index (κ1) is 10.2. The molecule has 1 aromatic heterocycles. The lowest BCUT2D eigenvalue weighted by atomic mass is 9.85. The number of rotatable bonds is 2. The van der Waals surface area contributed by atoms with Crippen molar-refractivity contribution in [2.24, 2.45) is 17.3 Å². The monoisotopic (exact) mass is 203 g/mol. The van der Waals surface area contributed by atoms with E-state index in [1.807, 2.05) is 0 Å². The van der Waals surface area contributed by atoms with Crippen molar-refractivity contribution in [2.45, 2.75) is 33.6 Å². The standard InChI is InChI=1S/C12H17N3/c1-7-8(2)12(7,4)9(3)11-10(5-13)6-14-15-11/h6-9H,1-4H3,(H,14,15)/t7-,8+,9?,12?. The van der Waals surface area contributed by atoms with Crippen LogP contribution in [-0.2, 0) is 0 Å². The van der Waals surface area contributed by atoms with Gasteiger partial charge in [-0.15, -0.1) is 0 Å². The summed E-state index contributed by atoms with van der Waals surface area (Å²) in [5.74, 6) is 1.82. The van der Waals surface area contributed by atoms with Crippen molar-refractivity contribution >= 4 is 0 Å². The second kappa shape index (κ2) is 3.10. The summed E-state index contributed by atoms with van der Waals surface area (Å²) in [6, 6.07) is 2.19. The van der Waals surface area contributed by atoms with E-state index in [2.05, 4.69) is 44.0 Å². The highest BCUT2D eigenvalue weighted by Gasteiger charge is 2.59. The number of H-pyrrole nitrogens is 1. The third kappa shape index (κ3) is 1.21. The highest BCUT2D eigenvalue weighted by atomic mass is 15.1. The molecule has 15 heavy (non-hydrogen) atoms. The van der Waals surface area contributed by atoms with Crippen LogP contribution in [0.15, 0.2) is 6.20 Å². The van der Waals surface area contributed by atoms with E-state index in [1.54, 1.807) is 6.20 Å². The molecule has 0 saturated heterocycles. The van der Waals surface area contributed by atoms with Gasteiger partial charge in [-0.2, -0.15) is 10.4 Å². The van der Waals surface area contributed by atoms with Gasteiger partial charge < -0.3 is 0 Å². The first-order valence-corrected chi connectivity index (χ1v) is 5.46. The molecule has 1 saturated carbocycles. The lowest BCUT2D eigenvalue weighted by Crippen LogP contribution is -2.12. The highest BCUT2D eigenvalue weighted by Crippen LogP contribution is 2.65. The number of hydrogen-bond donors (Lipinski definition) is 1. The molecule has 0 aromatic carbocycles. The maximum absolute atomic E-state index is 8.96. The fourth-order valence-corrected chi connectivity index (χ4v) is 2.83. The minimum Gasteiger partial charge on any atom is -0.281 e. The Morgan fingerprint density at radius 3 is 2.60 bits per heavy atom. The molecular formula is C12H17N3. The van der Waals surface area contributed by atoms with E-state index in [1.165, 1.54) is 0 Å². The molecule has 1 aliphatic carbocycles. The van der Waals surface area contributed by atoms with Crippen molar-refractivity contribution in [3.8, 4) is 6.07 Å². The molecule has 0 spiro atoms. The van der Waals surface area contributed by atoms with Crippen molar-refractivity contribution in [3.05, 3.63) is 17.5 Å². The smallest absolute Gasteiger partial charge is 0.103 e. The van der Waals surface area contributed by atoms with Crippen LogP contribution in [0.25, 0.3) is 0 Å². The average Bonchev–Trinajstić information content (AvgIpc) is 2.68. The summed E-state index contributed by atoms with van der Waals surface area (Å²) in [6.45, 7) is 9.05. The largest absolute Gasteiger partial charge is 0.281 e. The molecule has 0 radical (unpaired) electrons. The molecule has 2 unspecified atom stereocenters. The van der Waals surface area contributed by atoms with E-state index >= 15 is 0 Å². The SMILES string of the molecule is CC(c1[nH]ncc1C#N)C1(C)[C@H](C)[C@@H]1C. The summed E-state index contributed by atoms with van der Waals surface area (Å²) < 4.78 is 0. The Morgan fingerprint density at radius 1 is 1.53 bits per heavy atom. The first-order chi connectivity index (χ1) is 7.03. The zero-order valence-electron chi connectivity index (χ0n) is 9.70. The normalized spacial score (nSPS) is 35.9. The Bertz CT molecular complexity index is 405. The van der Waals surface area contributed by atoms with E-state index in [-0.39, 0.29) is 0 Å². The second-order valence-corrected chi connectivity index (χ2v) is 4.97. The minimum atomic E-state index is 0.318. The number of aromatic amines is 1. The Kier molecular flexibility index (Phi) is 2.11. The maximum Gasteiger partial charge on any atom is 0.103 e. The molecular weight excluding hydrogens is 186 g/mol. The summed E-state index contributed by atoms with van der Waals surface area (Å²) in [7, 11) is 0. The number of aromatic nitrogens is 2. The van der Waals surface area contributed by atoms with Gasteiger partial charge in [0.1, 0.15) is 6.07 Å². The average molecular weight is 203 g/mol. The van der Waals surface area contributed by atoms with Crippen LogP contribution >= 0.6 is 0 Å². The van der Waals surface area contributed by atoms with Crippen LogP contribution in [0.4, 0.5) is 0 Å². The van der Waals surface area contributed by atoms with Gasteiger partial charge >= 0.3 is 0 Å². The molecule has 1 aromatic rings. The van der Waals surface area contributed by atoms with Gasteiger partial charge in [0.15, 0.2) is 0 Å². The molecule has 0 amide bonds. The van der Waals surface area contributed by atoms with E-state index < -0.39 is 0 Å². The summed E-state index contributed by atoms with van der Waals surface area (Å²) in [6.07, 6.45) is 1.62. The van der Waals surface area contributed by atoms with Crippen molar-refractivity contribution in [1.29, 1.82) is 5.26 Å². The molecule has 3 nitrogen and oxygen atoms in total. The lowest BCUT2D eigenvalue weighted by molar-refractivity contribution is 0.401. The molecule has 1 fully saturated rings. The molecule has 4 atom stereocenters. The van der Waals surface area contributed by atoms with Crippen molar-refractivity contribution in [1.82, 2.24) is 10.2 Å². The van der Waals surface area contributed by atoms with Gasteiger partial charge in [0.25, 0.3) is 0 Å². The van der Waals surface area contributed by atoms with Gasteiger partial charge in [-0.1, -0.05) is 27.7 Å². The van der Waals surface area contributed by atoms with Crippen LogP contribution in [0.2, 0.25) is 0 Å². The van der Waals surface area contributed by atoms with Crippen molar-refractivity contribution < 1.29 is 0 Å². The highest BCUT2D eigenvalue weighted by molar-refractivity contribution is 5.35. The predicted octanol–water partition coefficient (Wildman–Crippen LogP) is 2.68. The van der Waals surface area contributed by atoms with Gasteiger partial charge in [-0.05, 0) is 17.3 Å². The van der Waals surface area contributed by atoms with Crippen LogP contribution in [0.1, 0.15) is 44.9 Å². The predicted molar refractivity (Wildman–Crippen MR) is 58.2 cm³/mol. The van der Waals surface area contributed by atoms with Gasteiger partial charge in [-0.3, -0.25) is 5.10 Å². The molecule has 3 heteroatoms. The Hall–Kier alpha value is -1.30. The summed E-state index contributed by atoms with van der Waals surface area (Å²) in [4.78, 5) is 0. The van der Waals surface area contributed by atoms with E-state index in [0.717, 1.165) is 17.5 Å². The zero-order valence-corrected chi connectivity index (χ0v) is 9.70. The summed E-state index contributed by atoms with van der Waals surface area (Å²) in [5.41, 5.74) is 2.00. The third-order valence-corrected chi connectivity index (χ3v) is 4.76. The van der Waals surface area contributed by atoms with Gasteiger partial charge in [-0.25, -0.2) is 0 Å². The van der Waals surface area contributed by atoms with E-state index in [9.17, 15) is 0 Å². The van der Waals surface area contributed by atoms with Crippen LogP contribution in [0.3, 0.4) is 0 Å². The fraction of sp³-hybridized carbons (Fsp3) is 0.667. The lowest BCUT2D eigenvalue weighted by Gasteiger charge is -2.19. The van der Waals surface area contributed by atoms with Gasteiger partial charge in [0.05, 0.1) is 17.5 Å². The quantitative estimate of drug-likeness (QED) is 0.803. The molecule has 80 valence electrons. The van der Waals surface area contributed by atoms with Crippen molar-refractivity contribution in [2.75, 3.05) is 0 Å². The molecule has 1 N–H and O–H groups in total. The Morgan fingerprint density at radius 2 is 2.13 bits per heavy atom. The number of nitriles is 1. The molecule has 1 aliphatic rings. The summed E-state index contributed by atoms with van der Waals surface area (Å²) >= 11 is 0. The number of hydrogen-bond acceptors (Lipinski definition) is 2. The molecule has 2 rings (SSSR count). The first-order valence-electron chi connectivity index (χ1n) is 5.46. The van der Waals surface area contributed by atoms with E-state index in [4.69, 9.17) is 5.26 Å². The van der Waals surface area contributed by atoms with Crippen molar-refractivity contribution in [3.63, 3.8) is 0 Å². The van der Waals surface area contributed by atoms with Crippen LogP contribution in [-0.4, -0.2) is 10.2 Å². The van der Waals surface area contributed by atoms with E-state index in [0.29, 0.717) is 16.9 Å². The molecule has 0 bridgehead atoms. The van der Waals surface area contributed by atoms with Crippen LogP contribution in [0, 0.1) is 28.6 Å². The number of nitrogens with one attached hydrogen (secondary N) is 1. The van der Waals surface area contributed by atoms with Crippen LogP contribution < -0.4 is 0 Å². The maximum atomic E-state index is 8.96. The Labute approximate surface area is 90.5 Å². The summed E-state index contributed by atoms with van der Waals surface area (Å²) in [5, 5.41) is 15.9. The third-order valence-electron chi connectivity index (χ3n) is 4.76. The zero-order chi connectivity index (χ0) is 11.2. The molecule has 0 aliphatic heterocycles. The van der Waals surface area contributed by atoms with Gasteiger partial charge in [0, 0.05) is 5.92 Å². The van der Waals surface area contributed by atoms with Gasteiger partial charge in [0.2, 0.25) is 0 Å². The number of nitrogens with zero attached hydrogens (tertiary/aromatic N) is 2. The Balaban J connectivity index is 2.31. The topological polar surface area (TPSA) is 52.5 Å².